The van der Waals surface area contributed by atoms with E-state index in [1.165, 1.54) is 31.4 Å². The summed E-state index contributed by atoms with van der Waals surface area (Å²) >= 11 is 1.64. The zero-order valence-electron chi connectivity index (χ0n) is 10.1. The first-order valence-corrected chi connectivity index (χ1v) is 7.29. The number of likely N-dealkylation sites (N-methyl/N-ethyl adjacent to an activating group) is 1. The fourth-order valence-corrected chi connectivity index (χ4v) is 4.27. The maximum atomic E-state index is 11.3. The van der Waals surface area contributed by atoms with Gasteiger partial charge in [0, 0.05) is 18.3 Å². The Bertz CT molecular complexity index is 429. The van der Waals surface area contributed by atoms with Gasteiger partial charge < -0.3 is 5.32 Å². The highest BCUT2D eigenvalue weighted by Gasteiger charge is 2.41. The Labute approximate surface area is 106 Å². The maximum absolute atomic E-state index is 11.3. The van der Waals surface area contributed by atoms with Gasteiger partial charge in [-0.25, -0.2) is 4.98 Å². The fraction of sp³-hybridized carbons (Fsp3) is 0.692. The third kappa shape index (κ3) is 2.10. The standard InChI is InChI=1S/C13H18N2OS/c1-14-12(16)6-13-15-11(7-17-13)10-5-8-2-3-9(10)4-8/h7-10H,2-6H2,1H3,(H,14,16). The van der Waals surface area contributed by atoms with Crippen LogP contribution in [0.5, 0.6) is 0 Å². The molecule has 1 aromatic heterocycles. The first-order chi connectivity index (χ1) is 8.26. The number of nitrogens with zero attached hydrogens (tertiary/aromatic N) is 1. The van der Waals surface area contributed by atoms with Crippen LogP contribution in [0.4, 0.5) is 0 Å². The molecule has 0 spiro atoms. The largest absolute Gasteiger partial charge is 0.359 e. The SMILES string of the molecule is CNC(=O)Cc1nc(C2CC3CCC2C3)cs1. The first kappa shape index (κ1) is 11.2. The monoisotopic (exact) mass is 250 g/mol. The molecule has 0 saturated heterocycles. The molecule has 4 heteroatoms. The summed E-state index contributed by atoms with van der Waals surface area (Å²) in [7, 11) is 1.67. The van der Waals surface area contributed by atoms with Gasteiger partial charge in [0.2, 0.25) is 5.91 Å². The van der Waals surface area contributed by atoms with E-state index in [1.807, 2.05) is 0 Å². The predicted molar refractivity (Wildman–Crippen MR) is 68.1 cm³/mol. The molecule has 2 fully saturated rings. The van der Waals surface area contributed by atoms with Crippen LogP contribution in [0, 0.1) is 11.8 Å². The average molecular weight is 250 g/mol. The van der Waals surface area contributed by atoms with Gasteiger partial charge in [0.05, 0.1) is 12.1 Å². The number of thiazole rings is 1. The van der Waals surface area contributed by atoms with E-state index in [9.17, 15) is 4.79 Å². The van der Waals surface area contributed by atoms with Gasteiger partial charge in [-0.05, 0) is 31.1 Å². The lowest BCUT2D eigenvalue weighted by Gasteiger charge is -2.19. The van der Waals surface area contributed by atoms with E-state index >= 15 is 0 Å². The number of carbonyl (C=O) groups excluding carboxylic acids is 1. The molecule has 2 saturated carbocycles. The topological polar surface area (TPSA) is 42.0 Å². The molecule has 3 atom stereocenters. The van der Waals surface area contributed by atoms with Gasteiger partial charge in [-0.2, -0.15) is 0 Å². The summed E-state index contributed by atoms with van der Waals surface area (Å²) in [4.78, 5) is 16.0. The summed E-state index contributed by atoms with van der Waals surface area (Å²) in [5.41, 5.74) is 1.25. The van der Waals surface area contributed by atoms with Gasteiger partial charge in [0.15, 0.2) is 0 Å². The Morgan fingerprint density at radius 1 is 1.53 bits per heavy atom. The summed E-state index contributed by atoms with van der Waals surface area (Å²) in [6.07, 6.45) is 5.98. The second-order valence-electron chi connectivity index (χ2n) is 5.30. The maximum Gasteiger partial charge on any atom is 0.226 e. The van der Waals surface area contributed by atoms with Crippen LogP contribution in [0.2, 0.25) is 0 Å². The Kier molecular flexibility index (Phi) is 2.90. The van der Waals surface area contributed by atoms with E-state index in [0.29, 0.717) is 12.3 Å². The van der Waals surface area contributed by atoms with Gasteiger partial charge in [0.25, 0.3) is 0 Å². The zero-order chi connectivity index (χ0) is 11.8. The smallest absolute Gasteiger partial charge is 0.226 e. The van der Waals surface area contributed by atoms with E-state index in [1.54, 1.807) is 18.4 Å². The van der Waals surface area contributed by atoms with Crippen molar-refractivity contribution >= 4 is 17.2 Å². The molecule has 1 N–H and O–H groups in total. The molecule has 1 amide bonds. The number of rotatable bonds is 3. The fourth-order valence-electron chi connectivity index (χ4n) is 3.41. The van der Waals surface area contributed by atoms with Crippen molar-refractivity contribution in [3.05, 3.63) is 16.1 Å². The molecule has 3 nitrogen and oxygen atoms in total. The number of hydrogen-bond acceptors (Lipinski definition) is 3. The average Bonchev–Trinajstić information content (AvgIpc) is 3.03. The van der Waals surface area contributed by atoms with Crippen LogP contribution >= 0.6 is 11.3 Å². The van der Waals surface area contributed by atoms with Crippen LogP contribution < -0.4 is 5.32 Å². The molecular weight excluding hydrogens is 232 g/mol. The minimum Gasteiger partial charge on any atom is -0.359 e. The van der Waals surface area contributed by atoms with Crippen molar-refractivity contribution in [1.82, 2.24) is 10.3 Å². The summed E-state index contributed by atoms with van der Waals surface area (Å²) in [5.74, 6) is 2.56. The van der Waals surface area contributed by atoms with Crippen LogP contribution in [-0.4, -0.2) is 17.9 Å². The molecule has 1 heterocycles. The van der Waals surface area contributed by atoms with E-state index in [4.69, 9.17) is 0 Å². The molecule has 17 heavy (non-hydrogen) atoms. The lowest BCUT2D eigenvalue weighted by molar-refractivity contribution is -0.119. The van der Waals surface area contributed by atoms with Crippen molar-refractivity contribution in [3.63, 3.8) is 0 Å². The number of amides is 1. The third-order valence-corrected chi connectivity index (χ3v) is 5.15. The van der Waals surface area contributed by atoms with Crippen molar-refractivity contribution < 1.29 is 4.79 Å². The molecule has 3 unspecified atom stereocenters. The van der Waals surface area contributed by atoms with Crippen LogP contribution in [0.25, 0.3) is 0 Å². The number of nitrogens with one attached hydrogen (secondary N) is 1. The summed E-state index contributed by atoms with van der Waals surface area (Å²) in [6.45, 7) is 0. The summed E-state index contributed by atoms with van der Waals surface area (Å²) in [5, 5.41) is 5.78. The van der Waals surface area contributed by atoms with Crippen LogP contribution in [-0.2, 0) is 11.2 Å². The number of carbonyl (C=O) groups is 1. The highest BCUT2D eigenvalue weighted by molar-refractivity contribution is 7.09. The number of aromatic nitrogens is 1. The first-order valence-electron chi connectivity index (χ1n) is 6.41. The van der Waals surface area contributed by atoms with Crippen LogP contribution in [0.3, 0.4) is 0 Å². The molecule has 2 bridgehead atoms. The molecule has 3 rings (SSSR count). The van der Waals surface area contributed by atoms with Gasteiger partial charge in [-0.3, -0.25) is 4.79 Å². The van der Waals surface area contributed by atoms with E-state index in [0.717, 1.165) is 16.8 Å². The Balaban J connectivity index is 1.70. The molecule has 0 aromatic carbocycles. The minimum atomic E-state index is 0.0545. The second kappa shape index (κ2) is 4.41. The highest BCUT2D eigenvalue weighted by Crippen LogP contribution is 2.52. The normalized spacial score (nSPS) is 30.8. The molecule has 2 aliphatic carbocycles. The molecule has 1 aromatic rings. The summed E-state index contributed by atoms with van der Waals surface area (Å²) < 4.78 is 0. The highest BCUT2D eigenvalue weighted by atomic mass is 32.1. The molecule has 0 radical (unpaired) electrons. The third-order valence-electron chi connectivity index (χ3n) is 4.28. The van der Waals surface area contributed by atoms with Crippen molar-refractivity contribution in [2.75, 3.05) is 7.05 Å². The Morgan fingerprint density at radius 3 is 3.06 bits per heavy atom. The van der Waals surface area contributed by atoms with Crippen molar-refractivity contribution in [3.8, 4) is 0 Å². The van der Waals surface area contributed by atoms with Crippen molar-refractivity contribution in [2.45, 2.75) is 38.0 Å². The number of hydrogen-bond donors (Lipinski definition) is 1. The van der Waals surface area contributed by atoms with Crippen molar-refractivity contribution in [1.29, 1.82) is 0 Å². The minimum absolute atomic E-state index is 0.0545. The molecule has 2 aliphatic rings. The van der Waals surface area contributed by atoms with E-state index in [-0.39, 0.29) is 5.91 Å². The number of fused-ring (bicyclic) bond motifs is 2. The summed E-state index contributed by atoms with van der Waals surface area (Å²) in [6, 6.07) is 0. The predicted octanol–water partition coefficient (Wildman–Crippen LogP) is 2.34. The Morgan fingerprint density at radius 2 is 2.41 bits per heavy atom. The lowest BCUT2D eigenvalue weighted by Crippen LogP contribution is -2.19. The van der Waals surface area contributed by atoms with Gasteiger partial charge >= 0.3 is 0 Å². The lowest BCUT2D eigenvalue weighted by atomic mass is 9.87. The zero-order valence-corrected chi connectivity index (χ0v) is 10.9. The van der Waals surface area contributed by atoms with Gasteiger partial charge in [-0.1, -0.05) is 6.42 Å². The van der Waals surface area contributed by atoms with Gasteiger partial charge in [-0.15, -0.1) is 11.3 Å². The van der Waals surface area contributed by atoms with Crippen LogP contribution in [0.15, 0.2) is 5.38 Å². The van der Waals surface area contributed by atoms with E-state index < -0.39 is 0 Å². The van der Waals surface area contributed by atoms with Crippen LogP contribution in [0.1, 0.15) is 42.3 Å². The van der Waals surface area contributed by atoms with Gasteiger partial charge in [0.1, 0.15) is 5.01 Å². The Hall–Kier alpha value is -0.900. The molecule has 92 valence electrons. The van der Waals surface area contributed by atoms with E-state index in [2.05, 4.69) is 15.7 Å². The second-order valence-corrected chi connectivity index (χ2v) is 6.24. The van der Waals surface area contributed by atoms with Crippen molar-refractivity contribution in [2.24, 2.45) is 11.8 Å². The quantitative estimate of drug-likeness (QED) is 0.894. The molecule has 0 aliphatic heterocycles. The molecular formula is C13H18N2OS.